The van der Waals surface area contributed by atoms with Gasteiger partial charge in [-0.1, -0.05) is 109 Å². The summed E-state index contributed by atoms with van der Waals surface area (Å²) in [5.74, 6) is 0.253. The van der Waals surface area contributed by atoms with Crippen LogP contribution in [-0.4, -0.2) is 10.5 Å². The average molecular weight is 468 g/mol. The van der Waals surface area contributed by atoms with E-state index in [1.165, 1.54) is 0 Å². The second-order valence-corrected chi connectivity index (χ2v) is 8.63. The van der Waals surface area contributed by atoms with Gasteiger partial charge in [-0.15, -0.1) is 0 Å². The van der Waals surface area contributed by atoms with E-state index in [9.17, 15) is 10.1 Å². The molecule has 4 nitrogen and oxygen atoms in total. The highest BCUT2D eigenvalue weighted by atomic mass is 16.1. The molecule has 4 aromatic carbocycles. The van der Waals surface area contributed by atoms with E-state index in [4.69, 9.17) is 0 Å². The molecule has 0 bridgehead atoms. The zero-order chi connectivity index (χ0) is 24.9. The van der Waals surface area contributed by atoms with E-state index >= 15 is 0 Å². The maximum absolute atomic E-state index is 13.5. The predicted octanol–water partition coefficient (Wildman–Crippen LogP) is 7.30. The van der Waals surface area contributed by atoms with Crippen molar-refractivity contribution in [2.45, 2.75) is 13.5 Å². The van der Waals surface area contributed by atoms with Gasteiger partial charge in [-0.05, 0) is 35.2 Å². The Morgan fingerprint density at radius 3 is 1.94 bits per heavy atom. The van der Waals surface area contributed by atoms with Crippen LogP contribution in [0.25, 0.3) is 22.4 Å². The van der Waals surface area contributed by atoms with Crippen LogP contribution < -0.4 is 5.32 Å². The van der Waals surface area contributed by atoms with Gasteiger partial charge in [0.1, 0.15) is 17.5 Å². The van der Waals surface area contributed by atoms with Gasteiger partial charge >= 0.3 is 0 Å². The molecular weight excluding hydrogens is 442 g/mol. The fourth-order valence-electron chi connectivity index (χ4n) is 4.57. The van der Waals surface area contributed by atoms with Gasteiger partial charge in [-0.3, -0.25) is 4.79 Å². The molecule has 1 aromatic heterocycles. The molecule has 0 radical (unpaired) electrons. The highest BCUT2D eigenvalue weighted by Crippen LogP contribution is 2.42. The second-order valence-electron chi connectivity index (χ2n) is 8.63. The summed E-state index contributed by atoms with van der Waals surface area (Å²) in [6, 6.07) is 39.9. The molecule has 0 saturated carbocycles. The number of amides is 1. The molecule has 0 atom stereocenters. The minimum absolute atomic E-state index is 0.240. The van der Waals surface area contributed by atoms with Crippen molar-refractivity contribution in [3.05, 3.63) is 138 Å². The van der Waals surface area contributed by atoms with Crippen LogP contribution in [0.4, 0.5) is 5.82 Å². The fraction of sp³-hybridized carbons (Fsp3) is 0.0625. The highest BCUT2D eigenvalue weighted by molar-refractivity contribution is 6.07. The molecule has 0 aliphatic carbocycles. The zero-order valence-corrected chi connectivity index (χ0v) is 20.0. The molecule has 174 valence electrons. The largest absolute Gasteiger partial charge is 0.321 e. The van der Waals surface area contributed by atoms with Gasteiger partial charge in [0.05, 0.1) is 5.69 Å². The van der Waals surface area contributed by atoms with E-state index in [2.05, 4.69) is 28.1 Å². The minimum atomic E-state index is -0.240. The first-order valence-electron chi connectivity index (χ1n) is 11.9. The summed E-state index contributed by atoms with van der Waals surface area (Å²) >= 11 is 0. The molecule has 0 aliphatic rings. The maximum Gasteiger partial charge on any atom is 0.257 e. The van der Waals surface area contributed by atoms with Crippen LogP contribution in [0.5, 0.6) is 0 Å². The highest BCUT2D eigenvalue weighted by Gasteiger charge is 2.27. The van der Waals surface area contributed by atoms with Crippen molar-refractivity contribution < 1.29 is 4.79 Å². The Bertz CT molecular complexity index is 1550. The standard InChI is InChI=1S/C32H25N3O/c1-23-13-11-12-20-27(23)32(36)34-31-28(21-33)29(25-16-7-3-8-17-25)30(26-18-9-4-10-19-26)35(31)22-24-14-5-2-6-15-24/h2-20H,22H2,1H3,(H,34,36). The van der Waals surface area contributed by atoms with Crippen LogP contribution in [0.3, 0.4) is 0 Å². The Balaban J connectivity index is 1.78. The third-order valence-corrected chi connectivity index (χ3v) is 6.29. The quantitative estimate of drug-likeness (QED) is 0.285. The molecule has 5 aromatic rings. The molecule has 0 saturated heterocycles. The lowest BCUT2D eigenvalue weighted by Crippen LogP contribution is -2.17. The normalized spacial score (nSPS) is 10.6. The van der Waals surface area contributed by atoms with E-state index in [-0.39, 0.29) is 5.91 Å². The van der Waals surface area contributed by atoms with Crippen LogP contribution >= 0.6 is 0 Å². The van der Waals surface area contributed by atoms with Crippen molar-refractivity contribution in [2.75, 3.05) is 5.32 Å². The zero-order valence-electron chi connectivity index (χ0n) is 20.0. The molecule has 1 amide bonds. The van der Waals surface area contributed by atoms with Crippen LogP contribution in [-0.2, 0) is 6.54 Å². The molecule has 0 aliphatic heterocycles. The summed E-state index contributed by atoms with van der Waals surface area (Å²) in [5, 5.41) is 13.5. The van der Waals surface area contributed by atoms with Crippen molar-refractivity contribution in [1.29, 1.82) is 5.26 Å². The predicted molar refractivity (Wildman–Crippen MR) is 145 cm³/mol. The topological polar surface area (TPSA) is 57.8 Å². The van der Waals surface area contributed by atoms with Crippen molar-refractivity contribution >= 4 is 11.7 Å². The van der Waals surface area contributed by atoms with E-state index in [0.717, 1.165) is 33.5 Å². The number of nitrogens with one attached hydrogen (secondary N) is 1. The maximum atomic E-state index is 13.5. The van der Waals surface area contributed by atoms with Gasteiger partial charge in [-0.2, -0.15) is 5.26 Å². The molecule has 4 heteroatoms. The van der Waals surface area contributed by atoms with Gasteiger partial charge in [0.25, 0.3) is 5.91 Å². The summed E-state index contributed by atoms with van der Waals surface area (Å²) in [7, 11) is 0. The van der Waals surface area contributed by atoms with E-state index < -0.39 is 0 Å². The summed E-state index contributed by atoms with van der Waals surface area (Å²) in [5.41, 5.74) is 6.56. The van der Waals surface area contributed by atoms with E-state index in [1.807, 2.05) is 104 Å². The van der Waals surface area contributed by atoms with Crippen molar-refractivity contribution in [2.24, 2.45) is 0 Å². The Morgan fingerprint density at radius 1 is 0.778 bits per heavy atom. The number of aryl methyl sites for hydroxylation is 1. The van der Waals surface area contributed by atoms with Crippen LogP contribution in [0, 0.1) is 18.3 Å². The van der Waals surface area contributed by atoms with E-state index in [0.29, 0.717) is 23.5 Å². The number of carbonyl (C=O) groups is 1. The SMILES string of the molecule is Cc1ccccc1C(=O)Nc1c(C#N)c(-c2ccccc2)c(-c2ccccc2)n1Cc1ccccc1. The Hall–Kier alpha value is -4.88. The molecule has 1 N–H and O–H groups in total. The second kappa shape index (κ2) is 10.2. The molecule has 0 unspecified atom stereocenters. The van der Waals surface area contributed by atoms with Crippen molar-refractivity contribution in [3.8, 4) is 28.5 Å². The van der Waals surface area contributed by atoms with E-state index in [1.54, 1.807) is 6.07 Å². The molecule has 0 spiro atoms. The molecule has 36 heavy (non-hydrogen) atoms. The van der Waals surface area contributed by atoms with Crippen molar-refractivity contribution in [1.82, 2.24) is 4.57 Å². The lowest BCUT2D eigenvalue weighted by Gasteiger charge is -2.16. The summed E-state index contributed by atoms with van der Waals surface area (Å²) in [6.07, 6.45) is 0. The molecule has 0 fully saturated rings. The number of carbonyl (C=O) groups excluding carboxylic acids is 1. The Labute approximate surface area is 211 Å². The first-order chi connectivity index (χ1) is 17.7. The molecule has 1 heterocycles. The van der Waals surface area contributed by atoms with Gasteiger partial charge in [0, 0.05) is 17.7 Å². The number of rotatable bonds is 6. The average Bonchev–Trinajstić information content (AvgIpc) is 3.23. The third kappa shape index (κ3) is 4.43. The first kappa shape index (κ1) is 22.9. The third-order valence-electron chi connectivity index (χ3n) is 6.29. The first-order valence-corrected chi connectivity index (χ1v) is 11.9. The van der Waals surface area contributed by atoms with Gasteiger partial charge in [0.15, 0.2) is 0 Å². The van der Waals surface area contributed by atoms with Gasteiger partial charge in [0.2, 0.25) is 0 Å². The van der Waals surface area contributed by atoms with Crippen molar-refractivity contribution in [3.63, 3.8) is 0 Å². The van der Waals surface area contributed by atoms with Crippen LogP contribution in [0.2, 0.25) is 0 Å². The smallest absolute Gasteiger partial charge is 0.257 e. The monoisotopic (exact) mass is 467 g/mol. The molecule has 5 rings (SSSR count). The van der Waals surface area contributed by atoms with Crippen LogP contribution in [0.1, 0.15) is 27.0 Å². The fourth-order valence-corrected chi connectivity index (χ4v) is 4.57. The Kier molecular flexibility index (Phi) is 6.46. The van der Waals surface area contributed by atoms with Crippen LogP contribution in [0.15, 0.2) is 115 Å². The minimum Gasteiger partial charge on any atom is -0.321 e. The lowest BCUT2D eigenvalue weighted by atomic mass is 9.98. The molecular formula is C32H25N3O. The van der Waals surface area contributed by atoms with Gasteiger partial charge < -0.3 is 9.88 Å². The number of hydrogen-bond donors (Lipinski definition) is 1. The summed E-state index contributed by atoms with van der Waals surface area (Å²) in [6.45, 7) is 2.41. The summed E-state index contributed by atoms with van der Waals surface area (Å²) in [4.78, 5) is 13.5. The number of aromatic nitrogens is 1. The Morgan fingerprint density at radius 2 is 1.33 bits per heavy atom. The number of benzene rings is 4. The summed E-state index contributed by atoms with van der Waals surface area (Å²) < 4.78 is 2.06. The van der Waals surface area contributed by atoms with Gasteiger partial charge in [-0.25, -0.2) is 0 Å². The number of hydrogen-bond acceptors (Lipinski definition) is 2. The lowest BCUT2D eigenvalue weighted by molar-refractivity contribution is 0.102. The number of nitriles is 1. The number of anilines is 1. The number of nitrogens with zero attached hydrogens (tertiary/aromatic N) is 2.